The molecule has 1 aliphatic heterocycles. The van der Waals surface area contributed by atoms with Crippen molar-refractivity contribution in [2.45, 2.75) is 25.5 Å². The number of aromatic nitrogens is 2. The average molecular weight is 303 g/mol. The van der Waals surface area contributed by atoms with E-state index < -0.39 is 6.10 Å². The standard InChI is InChI=1S/C16H18FN3O2/c1-10-7-15(22-2)19-16(18-10)20-9-13(21)8-14(20)11-3-5-12(17)6-4-11/h3-7,13-14,21H,8-9H2,1-2H3/t13-,14-/m0/s1. The van der Waals surface area contributed by atoms with E-state index >= 15 is 0 Å². The van der Waals surface area contributed by atoms with Crippen LogP contribution in [-0.2, 0) is 0 Å². The van der Waals surface area contributed by atoms with Gasteiger partial charge in [0, 0.05) is 18.3 Å². The van der Waals surface area contributed by atoms with Gasteiger partial charge >= 0.3 is 0 Å². The molecule has 0 saturated carbocycles. The van der Waals surface area contributed by atoms with Gasteiger partial charge in [0.2, 0.25) is 11.8 Å². The van der Waals surface area contributed by atoms with Crippen LogP contribution in [-0.4, -0.2) is 34.8 Å². The van der Waals surface area contributed by atoms with Crippen LogP contribution < -0.4 is 9.64 Å². The van der Waals surface area contributed by atoms with Gasteiger partial charge in [0.1, 0.15) is 5.82 Å². The van der Waals surface area contributed by atoms with E-state index in [0.717, 1.165) is 11.3 Å². The lowest BCUT2D eigenvalue weighted by molar-refractivity contribution is 0.194. The maximum atomic E-state index is 13.1. The summed E-state index contributed by atoms with van der Waals surface area (Å²) in [5.74, 6) is 0.729. The Kier molecular flexibility index (Phi) is 3.94. The second kappa shape index (κ2) is 5.88. The minimum absolute atomic E-state index is 0.0814. The van der Waals surface area contributed by atoms with Crippen LogP contribution in [0.4, 0.5) is 10.3 Å². The second-order valence-electron chi connectivity index (χ2n) is 5.46. The lowest BCUT2D eigenvalue weighted by Crippen LogP contribution is -2.26. The number of methoxy groups -OCH3 is 1. The first-order valence-corrected chi connectivity index (χ1v) is 7.16. The number of halogens is 1. The monoisotopic (exact) mass is 303 g/mol. The summed E-state index contributed by atoms with van der Waals surface area (Å²) in [6.45, 7) is 2.31. The third-order valence-electron chi connectivity index (χ3n) is 3.82. The van der Waals surface area contributed by atoms with Gasteiger partial charge in [0.05, 0.1) is 19.3 Å². The number of benzene rings is 1. The fraction of sp³-hybridized carbons (Fsp3) is 0.375. The van der Waals surface area contributed by atoms with Crippen molar-refractivity contribution in [3.63, 3.8) is 0 Å². The van der Waals surface area contributed by atoms with Crippen LogP contribution in [0, 0.1) is 12.7 Å². The largest absolute Gasteiger partial charge is 0.481 e. The Labute approximate surface area is 128 Å². The third kappa shape index (κ3) is 2.87. The minimum atomic E-state index is -0.467. The average Bonchev–Trinajstić information content (AvgIpc) is 2.89. The Balaban J connectivity index is 1.97. The smallest absolute Gasteiger partial charge is 0.229 e. The van der Waals surface area contributed by atoms with Gasteiger partial charge in [-0.25, -0.2) is 9.37 Å². The Hall–Kier alpha value is -2.21. The molecule has 5 nitrogen and oxygen atoms in total. The first kappa shape index (κ1) is 14.7. The maximum absolute atomic E-state index is 13.1. The highest BCUT2D eigenvalue weighted by Gasteiger charge is 2.34. The Morgan fingerprint density at radius 2 is 2.00 bits per heavy atom. The Bertz CT molecular complexity index is 663. The molecule has 22 heavy (non-hydrogen) atoms. The van der Waals surface area contributed by atoms with E-state index in [1.54, 1.807) is 25.3 Å². The number of aliphatic hydroxyl groups excluding tert-OH is 1. The highest BCUT2D eigenvalue weighted by molar-refractivity contribution is 5.41. The number of nitrogens with zero attached hydrogens (tertiary/aromatic N) is 3. The molecule has 1 aromatic carbocycles. The van der Waals surface area contributed by atoms with Gasteiger partial charge in [-0.1, -0.05) is 12.1 Å². The van der Waals surface area contributed by atoms with E-state index in [9.17, 15) is 9.50 Å². The fourth-order valence-corrected chi connectivity index (χ4v) is 2.79. The lowest BCUT2D eigenvalue weighted by Gasteiger charge is -2.25. The molecule has 1 aliphatic rings. The lowest BCUT2D eigenvalue weighted by atomic mass is 10.0. The molecule has 3 rings (SSSR count). The Morgan fingerprint density at radius 3 is 2.68 bits per heavy atom. The van der Waals surface area contributed by atoms with Gasteiger partial charge in [0.25, 0.3) is 0 Å². The van der Waals surface area contributed by atoms with Crippen molar-refractivity contribution in [3.05, 3.63) is 47.4 Å². The van der Waals surface area contributed by atoms with E-state index in [1.165, 1.54) is 12.1 Å². The molecule has 0 bridgehead atoms. The van der Waals surface area contributed by atoms with Crippen LogP contribution in [0.1, 0.15) is 23.7 Å². The first-order valence-electron chi connectivity index (χ1n) is 7.16. The molecule has 2 aromatic rings. The molecule has 1 N–H and O–H groups in total. The molecule has 1 fully saturated rings. The number of aliphatic hydroxyl groups is 1. The molecule has 0 amide bonds. The maximum Gasteiger partial charge on any atom is 0.229 e. The molecule has 2 heterocycles. The van der Waals surface area contributed by atoms with Crippen molar-refractivity contribution in [1.29, 1.82) is 0 Å². The van der Waals surface area contributed by atoms with E-state index in [1.807, 2.05) is 11.8 Å². The molecule has 1 saturated heterocycles. The first-order chi connectivity index (χ1) is 10.6. The zero-order valence-electron chi connectivity index (χ0n) is 12.5. The van der Waals surface area contributed by atoms with Crippen LogP contribution in [0.2, 0.25) is 0 Å². The van der Waals surface area contributed by atoms with Gasteiger partial charge in [0.15, 0.2) is 0 Å². The predicted octanol–water partition coefficient (Wildman–Crippen LogP) is 2.25. The summed E-state index contributed by atoms with van der Waals surface area (Å²) < 4.78 is 18.3. The molecular weight excluding hydrogens is 285 g/mol. The number of ether oxygens (including phenoxy) is 1. The SMILES string of the molecule is COc1cc(C)nc(N2C[C@@H](O)C[C@H]2c2ccc(F)cc2)n1. The molecule has 0 radical (unpaired) electrons. The van der Waals surface area contributed by atoms with Gasteiger partial charge in [-0.05, 0) is 31.0 Å². The highest BCUT2D eigenvalue weighted by atomic mass is 19.1. The van der Waals surface area contributed by atoms with Crippen molar-refractivity contribution in [1.82, 2.24) is 9.97 Å². The van der Waals surface area contributed by atoms with Crippen molar-refractivity contribution >= 4 is 5.95 Å². The van der Waals surface area contributed by atoms with Crippen molar-refractivity contribution < 1.29 is 14.2 Å². The van der Waals surface area contributed by atoms with E-state index in [4.69, 9.17) is 4.74 Å². The van der Waals surface area contributed by atoms with Gasteiger partial charge in [-0.2, -0.15) is 4.98 Å². The highest BCUT2D eigenvalue weighted by Crippen LogP contribution is 2.35. The number of hydrogen-bond donors (Lipinski definition) is 1. The van der Waals surface area contributed by atoms with Crippen molar-refractivity contribution in [2.75, 3.05) is 18.6 Å². The molecule has 0 unspecified atom stereocenters. The molecule has 6 heteroatoms. The number of hydrogen-bond acceptors (Lipinski definition) is 5. The van der Waals surface area contributed by atoms with E-state index in [0.29, 0.717) is 24.8 Å². The van der Waals surface area contributed by atoms with Crippen LogP contribution in [0.5, 0.6) is 5.88 Å². The predicted molar refractivity (Wildman–Crippen MR) is 80.4 cm³/mol. The number of β-amino-alcohol motifs (C(OH)–C–C–N with tert-alkyl or cyclic N) is 1. The zero-order chi connectivity index (χ0) is 15.7. The topological polar surface area (TPSA) is 58.5 Å². The van der Waals surface area contributed by atoms with Gasteiger partial charge < -0.3 is 14.7 Å². The summed E-state index contributed by atoms with van der Waals surface area (Å²) in [6.07, 6.45) is 0.0933. The summed E-state index contributed by atoms with van der Waals surface area (Å²) in [6, 6.07) is 7.99. The number of aryl methyl sites for hydroxylation is 1. The summed E-state index contributed by atoms with van der Waals surface area (Å²) in [5, 5.41) is 10.0. The zero-order valence-corrected chi connectivity index (χ0v) is 12.5. The van der Waals surface area contributed by atoms with E-state index in [2.05, 4.69) is 9.97 Å². The molecule has 2 atom stereocenters. The van der Waals surface area contributed by atoms with Crippen molar-refractivity contribution in [2.24, 2.45) is 0 Å². The normalized spacial score (nSPS) is 21.2. The third-order valence-corrected chi connectivity index (χ3v) is 3.82. The second-order valence-corrected chi connectivity index (χ2v) is 5.46. The van der Waals surface area contributed by atoms with E-state index in [-0.39, 0.29) is 11.9 Å². The van der Waals surface area contributed by atoms with Crippen LogP contribution in [0.3, 0.4) is 0 Å². The van der Waals surface area contributed by atoms with Crippen LogP contribution in [0.25, 0.3) is 0 Å². The minimum Gasteiger partial charge on any atom is -0.481 e. The fourth-order valence-electron chi connectivity index (χ4n) is 2.79. The Morgan fingerprint density at radius 1 is 1.27 bits per heavy atom. The summed E-state index contributed by atoms with van der Waals surface area (Å²) in [5.41, 5.74) is 1.73. The summed E-state index contributed by atoms with van der Waals surface area (Å²) >= 11 is 0. The quantitative estimate of drug-likeness (QED) is 0.942. The summed E-state index contributed by atoms with van der Waals surface area (Å²) in [4.78, 5) is 10.7. The van der Waals surface area contributed by atoms with Crippen LogP contribution >= 0.6 is 0 Å². The van der Waals surface area contributed by atoms with Crippen LogP contribution in [0.15, 0.2) is 30.3 Å². The molecule has 1 aromatic heterocycles. The van der Waals surface area contributed by atoms with Gasteiger partial charge in [-0.15, -0.1) is 0 Å². The van der Waals surface area contributed by atoms with Gasteiger partial charge in [-0.3, -0.25) is 0 Å². The molecule has 0 aliphatic carbocycles. The summed E-state index contributed by atoms with van der Waals surface area (Å²) in [7, 11) is 1.56. The molecule has 116 valence electrons. The van der Waals surface area contributed by atoms with Crippen molar-refractivity contribution in [3.8, 4) is 5.88 Å². The number of anilines is 1. The number of rotatable bonds is 3. The molecular formula is C16H18FN3O2. The molecule has 0 spiro atoms.